The molecule has 1 unspecified atom stereocenters. The van der Waals surface area contributed by atoms with Gasteiger partial charge in [-0.25, -0.2) is 4.79 Å². The number of hydrogen-bond acceptors (Lipinski definition) is 6. The zero-order chi connectivity index (χ0) is 20.0. The van der Waals surface area contributed by atoms with Crippen molar-refractivity contribution in [2.75, 3.05) is 26.4 Å². The minimum Gasteiger partial charge on any atom is -0.432 e. The number of carbonyl (C=O) groups excluding carboxylic acids is 1. The van der Waals surface area contributed by atoms with Crippen LogP contribution in [-0.4, -0.2) is 56.4 Å². The lowest BCUT2D eigenvalue weighted by molar-refractivity contribution is -0.0366. The largest absolute Gasteiger partial charge is 0.508 e. The topological polar surface area (TPSA) is 66.0 Å². The van der Waals surface area contributed by atoms with Gasteiger partial charge >= 0.3 is 6.16 Å². The number of hydrogen-bond donors (Lipinski definition) is 1. The summed E-state index contributed by atoms with van der Waals surface area (Å²) in [7, 11) is 0. The molecular weight excluding hydrogens is 334 g/mol. The first-order valence-electron chi connectivity index (χ1n) is 9.65. The van der Waals surface area contributed by atoms with Crippen molar-refractivity contribution in [2.45, 2.75) is 84.6 Å². The Balaban J connectivity index is 3.77. The van der Waals surface area contributed by atoms with Crippen molar-refractivity contribution in [3.05, 3.63) is 12.7 Å². The molecule has 0 aliphatic carbocycles. The predicted molar refractivity (Wildman–Crippen MR) is 105 cm³/mol. The molecule has 0 saturated carbocycles. The Morgan fingerprint density at radius 1 is 1.15 bits per heavy atom. The molecule has 0 fully saturated rings. The molecule has 0 radical (unpaired) electrons. The molecule has 0 spiro atoms. The normalized spacial score (nSPS) is 14.1. The second-order valence-electron chi connectivity index (χ2n) is 7.36. The summed E-state index contributed by atoms with van der Waals surface area (Å²) in [4.78, 5) is 11.7. The van der Waals surface area contributed by atoms with E-state index in [9.17, 15) is 4.79 Å². The standard InChI is InChI=1S/C20H39NO5/c1-8-10-11-20(6,7)26-19(22)25-15-13-23-12-14-24-18(9-2)17(5)21-16(3)4/h9,16-18,21H,2,8,10-15H2,1,3-7H3/t17-,18?/m0/s1. The third-order valence-electron chi connectivity index (χ3n) is 3.80. The highest BCUT2D eigenvalue weighted by molar-refractivity contribution is 5.60. The average Bonchev–Trinajstić information content (AvgIpc) is 2.54. The minimum atomic E-state index is -0.647. The monoisotopic (exact) mass is 373 g/mol. The predicted octanol–water partition coefficient (Wildman–Crippen LogP) is 4.08. The third-order valence-corrected chi connectivity index (χ3v) is 3.80. The SMILES string of the molecule is C=CC(OCCOCCOC(=O)OC(C)(C)CCCC)[C@H](C)NC(C)C. The van der Waals surface area contributed by atoms with Crippen molar-refractivity contribution in [1.82, 2.24) is 5.32 Å². The maximum atomic E-state index is 11.7. The molecule has 0 aromatic carbocycles. The second kappa shape index (κ2) is 14.0. The fourth-order valence-electron chi connectivity index (χ4n) is 2.47. The van der Waals surface area contributed by atoms with Gasteiger partial charge < -0.3 is 24.3 Å². The number of nitrogens with one attached hydrogen (secondary N) is 1. The Labute approximate surface area is 159 Å². The maximum Gasteiger partial charge on any atom is 0.508 e. The van der Waals surface area contributed by atoms with Crippen LogP contribution >= 0.6 is 0 Å². The molecule has 0 heterocycles. The molecule has 26 heavy (non-hydrogen) atoms. The number of ether oxygens (including phenoxy) is 4. The van der Waals surface area contributed by atoms with Gasteiger partial charge in [0.2, 0.25) is 0 Å². The summed E-state index contributed by atoms with van der Waals surface area (Å²) in [6, 6.07) is 0.567. The van der Waals surface area contributed by atoms with Crippen LogP contribution in [0, 0.1) is 0 Å². The zero-order valence-corrected chi connectivity index (χ0v) is 17.5. The van der Waals surface area contributed by atoms with E-state index in [1.165, 1.54) is 0 Å². The van der Waals surface area contributed by atoms with Gasteiger partial charge in [0.25, 0.3) is 0 Å². The van der Waals surface area contributed by atoms with Crippen LogP contribution in [0.25, 0.3) is 0 Å². The molecule has 0 aliphatic heterocycles. The van der Waals surface area contributed by atoms with Gasteiger partial charge in [0.1, 0.15) is 12.2 Å². The highest BCUT2D eigenvalue weighted by Crippen LogP contribution is 2.18. The number of unbranched alkanes of at least 4 members (excludes halogenated alkanes) is 1. The van der Waals surface area contributed by atoms with E-state index in [0.717, 1.165) is 19.3 Å². The van der Waals surface area contributed by atoms with E-state index in [4.69, 9.17) is 18.9 Å². The average molecular weight is 374 g/mol. The third kappa shape index (κ3) is 13.1. The van der Waals surface area contributed by atoms with E-state index in [1.807, 2.05) is 13.8 Å². The van der Waals surface area contributed by atoms with E-state index >= 15 is 0 Å². The fourth-order valence-corrected chi connectivity index (χ4v) is 2.47. The maximum absolute atomic E-state index is 11.7. The molecule has 6 heteroatoms. The minimum absolute atomic E-state index is 0.0717. The number of rotatable bonds is 15. The van der Waals surface area contributed by atoms with E-state index in [-0.39, 0.29) is 18.8 Å². The molecule has 6 nitrogen and oxygen atoms in total. The Kier molecular flexibility index (Phi) is 13.4. The van der Waals surface area contributed by atoms with Crippen molar-refractivity contribution >= 4 is 6.16 Å². The molecule has 0 saturated heterocycles. The van der Waals surface area contributed by atoms with Crippen LogP contribution < -0.4 is 5.32 Å². The summed E-state index contributed by atoms with van der Waals surface area (Å²) in [5.41, 5.74) is -0.498. The van der Waals surface area contributed by atoms with Gasteiger partial charge in [-0.1, -0.05) is 33.3 Å². The first-order chi connectivity index (χ1) is 12.2. The van der Waals surface area contributed by atoms with Crippen LogP contribution in [0.1, 0.15) is 60.8 Å². The van der Waals surface area contributed by atoms with E-state index in [2.05, 4.69) is 39.6 Å². The van der Waals surface area contributed by atoms with Crippen LogP contribution in [0.15, 0.2) is 12.7 Å². The molecule has 0 amide bonds. The lowest BCUT2D eigenvalue weighted by Gasteiger charge is -2.24. The van der Waals surface area contributed by atoms with Gasteiger partial charge in [0.05, 0.1) is 25.9 Å². The molecular formula is C20H39NO5. The molecule has 0 bridgehead atoms. The summed E-state index contributed by atoms with van der Waals surface area (Å²) in [6.45, 7) is 17.3. The van der Waals surface area contributed by atoms with Crippen molar-refractivity contribution in [1.29, 1.82) is 0 Å². The smallest absolute Gasteiger partial charge is 0.432 e. The van der Waals surface area contributed by atoms with Gasteiger partial charge in [-0.15, -0.1) is 6.58 Å². The van der Waals surface area contributed by atoms with Crippen molar-refractivity contribution in [3.63, 3.8) is 0 Å². The first kappa shape index (κ1) is 24.9. The van der Waals surface area contributed by atoms with Crippen molar-refractivity contribution < 1.29 is 23.7 Å². The van der Waals surface area contributed by atoms with Crippen molar-refractivity contribution in [2.24, 2.45) is 0 Å². The highest BCUT2D eigenvalue weighted by Gasteiger charge is 2.23. The lowest BCUT2D eigenvalue weighted by atomic mass is 10.0. The van der Waals surface area contributed by atoms with Crippen LogP contribution in [0.5, 0.6) is 0 Å². The molecule has 2 atom stereocenters. The van der Waals surface area contributed by atoms with Gasteiger partial charge in [-0.2, -0.15) is 0 Å². The Morgan fingerprint density at radius 3 is 2.38 bits per heavy atom. The molecule has 0 aromatic rings. The number of carbonyl (C=O) groups is 1. The summed E-state index contributed by atoms with van der Waals surface area (Å²) in [6.07, 6.45) is 3.97. The van der Waals surface area contributed by atoms with E-state index in [1.54, 1.807) is 6.08 Å². The van der Waals surface area contributed by atoms with Gasteiger partial charge in [0.15, 0.2) is 0 Å². The van der Waals surface area contributed by atoms with Gasteiger partial charge in [0, 0.05) is 12.1 Å². The fraction of sp³-hybridized carbons (Fsp3) is 0.850. The van der Waals surface area contributed by atoms with Crippen LogP contribution in [-0.2, 0) is 18.9 Å². The summed E-state index contributed by atoms with van der Waals surface area (Å²) < 4.78 is 21.5. The Morgan fingerprint density at radius 2 is 1.81 bits per heavy atom. The van der Waals surface area contributed by atoms with Crippen molar-refractivity contribution in [3.8, 4) is 0 Å². The molecule has 154 valence electrons. The van der Waals surface area contributed by atoms with E-state index < -0.39 is 11.8 Å². The molecule has 0 rings (SSSR count). The van der Waals surface area contributed by atoms with Gasteiger partial charge in [-0.3, -0.25) is 0 Å². The second-order valence-corrected chi connectivity index (χ2v) is 7.36. The molecule has 1 N–H and O–H groups in total. The summed E-state index contributed by atoms with van der Waals surface area (Å²) >= 11 is 0. The summed E-state index contributed by atoms with van der Waals surface area (Å²) in [5.74, 6) is 0. The molecule has 0 aromatic heterocycles. The zero-order valence-electron chi connectivity index (χ0n) is 17.5. The highest BCUT2D eigenvalue weighted by atomic mass is 16.7. The summed E-state index contributed by atoms with van der Waals surface area (Å²) in [5, 5.41) is 3.39. The molecule has 0 aliphatic rings. The quantitative estimate of drug-likeness (QED) is 0.265. The van der Waals surface area contributed by atoms with Crippen LogP contribution in [0.3, 0.4) is 0 Å². The Bertz CT molecular complexity index is 384. The Hall–Kier alpha value is -1.11. The van der Waals surface area contributed by atoms with Crippen LogP contribution in [0.2, 0.25) is 0 Å². The van der Waals surface area contributed by atoms with Crippen LogP contribution in [0.4, 0.5) is 4.79 Å². The lowest BCUT2D eigenvalue weighted by Crippen LogP contribution is -2.41. The van der Waals surface area contributed by atoms with E-state index in [0.29, 0.717) is 25.9 Å². The first-order valence-corrected chi connectivity index (χ1v) is 9.65. The van der Waals surface area contributed by atoms with Gasteiger partial charge in [-0.05, 0) is 33.6 Å².